The van der Waals surface area contributed by atoms with Crippen LogP contribution in [0.3, 0.4) is 0 Å². The minimum absolute atomic E-state index is 0.0106. The molecular formula is C9H10ClN3O3. The minimum Gasteiger partial charge on any atom is -0.393 e. The summed E-state index contributed by atoms with van der Waals surface area (Å²) in [6, 6.07) is 0. The van der Waals surface area contributed by atoms with Crippen molar-refractivity contribution in [2.75, 3.05) is 12.3 Å². The van der Waals surface area contributed by atoms with Crippen LogP contribution in [0.2, 0.25) is 5.02 Å². The van der Waals surface area contributed by atoms with E-state index < -0.39 is 18.0 Å². The number of hydrogen-bond acceptors (Lipinski definition) is 5. The first-order valence-electron chi connectivity index (χ1n) is 4.60. The number of aromatic nitrogens is 2. The van der Waals surface area contributed by atoms with Crippen LogP contribution in [0.5, 0.6) is 0 Å². The average molecular weight is 244 g/mol. The Bertz CT molecular complexity index is 485. The molecule has 2 rings (SSSR count). The first kappa shape index (κ1) is 11.1. The highest BCUT2D eigenvalue weighted by Gasteiger charge is 2.21. The van der Waals surface area contributed by atoms with E-state index in [4.69, 9.17) is 27.2 Å². The molecule has 0 aliphatic carbocycles. The summed E-state index contributed by atoms with van der Waals surface area (Å²) in [4.78, 5) is 15.1. The molecule has 0 saturated carbocycles. The molecule has 0 aromatic carbocycles. The van der Waals surface area contributed by atoms with E-state index in [2.05, 4.69) is 4.98 Å². The predicted octanol–water partition coefficient (Wildman–Crippen LogP) is -0.0752. The van der Waals surface area contributed by atoms with Crippen molar-refractivity contribution in [2.24, 2.45) is 0 Å². The number of nitrogens with two attached hydrogens (primary N) is 1. The normalized spacial score (nSPS) is 23.9. The predicted molar refractivity (Wildman–Crippen MR) is 58.1 cm³/mol. The summed E-state index contributed by atoms with van der Waals surface area (Å²) in [5, 5.41) is 9.06. The van der Waals surface area contributed by atoms with E-state index in [1.807, 2.05) is 0 Å². The van der Waals surface area contributed by atoms with Gasteiger partial charge in [0.15, 0.2) is 6.23 Å². The maximum atomic E-state index is 11.5. The van der Waals surface area contributed by atoms with Crippen LogP contribution in [0.4, 0.5) is 5.82 Å². The summed E-state index contributed by atoms with van der Waals surface area (Å²) in [6.45, 7) is -0.141. The molecule has 1 aromatic heterocycles. The van der Waals surface area contributed by atoms with Crippen LogP contribution in [-0.2, 0) is 4.74 Å². The van der Waals surface area contributed by atoms with Crippen LogP contribution in [0, 0.1) is 0 Å². The van der Waals surface area contributed by atoms with Gasteiger partial charge in [-0.2, -0.15) is 4.98 Å². The number of anilines is 1. The number of halogens is 1. The first-order valence-corrected chi connectivity index (χ1v) is 4.98. The highest BCUT2D eigenvalue weighted by molar-refractivity contribution is 6.32. The standard InChI is InChI=1S/C9H10ClN3O3/c10-6-3-13(9(15)12-8(6)11)7-2-1-5(4-14)16-7/h1-3,5,7,14H,4H2,(H2,11,12,15)/t5-,7+/m1/s1. The molecule has 0 saturated heterocycles. The van der Waals surface area contributed by atoms with Crippen molar-refractivity contribution in [3.05, 3.63) is 33.9 Å². The van der Waals surface area contributed by atoms with Gasteiger partial charge in [-0.1, -0.05) is 17.7 Å². The van der Waals surface area contributed by atoms with Crippen molar-refractivity contribution in [3.63, 3.8) is 0 Å². The van der Waals surface area contributed by atoms with Crippen LogP contribution in [0.25, 0.3) is 0 Å². The van der Waals surface area contributed by atoms with Gasteiger partial charge in [0, 0.05) is 6.20 Å². The van der Waals surface area contributed by atoms with E-state index in [0.717, 1.165) is 0 Å². The van der Waals surface area contributed by atoms with Crippen LogP contribution in [0.1, 0.15) is 6.23 Å². The van der Waals surface area contributed by atoms with Gasteiger partial charge in [0.25, 0.3) is 0 Å². The Balaban J connectivity index is 2.33. The first-order chi connectivity index (χ1) is 7.61. The molecule has 0 radical (unpaired) electrons. The van der Waals surface area contributed by atoms with Crippen molar-refractivity contribution in [1.29, 1.82) is 0 Å². The number of aliphatic hydroxyl groups excluding tert-OH is 1. The zero-order chi connectivity index (χ0) is 11.7. The molecule has 3 N–H and O–H groups in total. The van der Waals surface area contributed by atoms with E-state index in [0.29, 0.717) is 0 Å². The fourth-order valence-electron chi connectivity index (χ4n) is 1.39. The van der Waals surface area contributed by atoms with Gasteiger partial charge in [0.2, 0.25) is 0 Å². The van der Waals surface area contributed by atoms with Gasteiger partial charge in [-0.05, 0) is 6.08 Å². The molecule has 0 bridgehead atoms. The Labute approximate surface area is 95.9 Å². The molecule has 1 aromatic rings. The van der Waals surface area contributed by atoms with E-state index in [1.54, 1.807) is 12.2 Å². The molecule has 0 spiro atoms. The lowest BCUT2D eigenvalue weighted by molar-refractivity contribution is -0.0102. The number of rotatable bonds is 2. The summed E-state index contributed by atoms with van der Waals surface area (Å²) in [7, 11) is 0. The molecular weight excluding hydrogens is 234 g/mol. The second kappa shape index (κ2) is 4.25. The van der Waals surface area contributed by atoms with Crippen molar-refractivity contribution in [1.82, 2.24) is 9.55 Å². The average Bonchev–Trinajstić information content (AvgIpc) is 2.71. The highest BCUT2D eigenvalue weighted by atomic mass is 35.5. The van der Waals surface area contributed by atoms with E-state index >= 15 is 0 Å². The van der Waals surface area contributed by atoms with Gasteiger partial charge in [-0.25, -0.2) is 4.79 Å². The van der Waals surface area contributed by atoms with Gasteiger partial charge in [-0.15, -0.1) is 0 Å². The van der Waals surface area contributed by atoms with Gasteiger partial charge in [0.1, 0.15) is 11.9 Å². The van der Waals surface area contributed by atoms with Crippen molar-refractivity contribution < 1.29 is 9.84 Å². The summed E-state index contributed by atoms with van der Waals surface area (Å²) < 4.78 is 6.55. The third-order valence-electron chi connectivity index (χ3n) is 2.19. The molecule has 1 aliphatic heterocycles. The largest absolute Gasteiger partial charge is 0.393 e. The van der Waals surface area contributed by atoms with Gasteiger partial charge >= 0.3 is 5.69 Å². The van der Waals surface area contributed by atoms with Gasteiger partial charge in [-0.3, -0.25) is 4.57 Å². The number of nitrogens with zero attached hydrogens (tertiary/aromatic N) is 2. The third kappa shape index (κ3) is 1.95. The minimum atomic E-state index is -0.602. The topological polar surface area (TPSA) is 90.4 Å². The van der Waals surface area contributed by atoms with E-state index in [1.165, 1.54) is 10.8 Å². The lowest BCUT2D eigenvalue weighted by Crippen LogP contribution is -2.28. The Morgan fingerprint density at radius 1 is 1.62 bits per heavy atom. The zero-order valence-electron chi connectivity index (χ0n) is 8.21. The molecule has 1 aliphatic rings. The lowest BCUT2D eigenvalue weighted by atomic mass is 10.4. The van der Waals surface area contributed by atoms with Gasteiger partial charge < -0.3 is 15.6 Å². The molecule has 0 amide bonds. The second-order valence-electron chi connectivity index (χ2n) is 3.30. The number of nitrogen functional groups attached to an aromatic ring is 1. The molecule has 7 heteroatoms. The fourth-order valence-corrected chi connectivity index (χ4v) is 1.54. The smallest absolute Gasteiger partial charge is 0.351 e. The Hall–Kier alpha value is -1.37. The Morgan fingerprint density at radius 2 is 2.38 bits per heavy atom. The monoisotopic (exact) mass is 243 g/mol. The lowest BCUT2D eigenvalue weighted by Gasteiger charge is -2.15. The highest BCUT2D eigenvalue weighted by Crippen LogP contribution is 2.21. The third-order valence-corrected chi connectivity index (χ3v) is 2.48. The number of aliphatic hydroxyl groups is 1. The molecule has 2 heterocycles. The summed E-state index contributed by atoms with van der Waals surface area (Å²) >= 11 is 5.76. The second-order valence-corrected chi connectivity index (χ2v) is 3.70. The van der Waals surface area contributed by atoms with Crippen molar-refractivity contribution in [3.8, 4) is 0 Å². The molecule has 0 unspecified atom stereocenters. The van der Waals surface area contributed by atoms with Crippen LogP contribution in [0.15, 0.2) is 23.1 Å². The zero-order valence-corrected chi connectivity index (χ0v) is 8.96. The van der Waals surface area contributed by atoms with E-state index in [9.17, 15) is 4.79 Å². The Kier molecular flexibility index (Phi) is 2.95. The molecule has 16 heavy (non-hydrogen) atoms. The van der Waals surface area contributed by atoms with Crippen molar-refractivity contribution >= 4 is 17.4 Å². The van der Waals surface area contributed by atoms with Crippen LogP contribution >= 0.6 is 11.6 Å². The van der Waals surface area contributed by atoms with E-state index in [-0.39, 0.29) is 17.4 Å². The molecule has 6 nitrogen and oxygen atoms in total. The SMILES string of the molecule is Nc1nc(=O)n([C@@H]2C=C[C@H](CO)O2)cc1Cl. The summed E-state index contributed by atoms with van der Waals surface area (Å²) in [5.74, 6) is -0.0106. The van der Waals surface area contributed by atoms with Crippen LogP contribution < -0.4 is 11.4 Å². The molecule has 0 fully saturated rings. The quantitative estimate of drug-likeness (QED) is 0.710. The molecule has 2 atom stereocenters. The van der Waals surface area contributed by atoms with Crippen LogP contribution in [-0.4, -0.2) is 27.4 Å². The number of hydrogen-bond donors (Lipinski definition) is 2. The summed E-state index contributed by atoms with van der Waals surface area (Å²) in [5.41, 5.74) is 4.84. The summed E-state index contributed by atoms with van der Waals surface area (Å²) in [6.07, 6.45) is 3.67. The fraction of sp³-hybridized carbons (Fsp3) is 0.333. The Morgan fingerprint density at radius 3 is 3.00 bits per heavy atom. The van der Waals surface area contributed by atoms with Gasteiger partial charge in [0.05, 0.1) is 11.6 Å². The van der Waals surface area contributed by atoms with Crippen molar-refractivity contribution in [2.45, 2.75) is 12.3 Å². The molecule has 86 valence electrons. The maximum Gasteiger partial charge on any atom is 0.351 e. The maximum absolute atomic E-state index is 11.5. The number of ether oxygens (including phenoxy) is 1.